The van der Waals surface area contributed by atoms with Crippen LogP contribution in [0, 0.1) is 5.92 Å². The van der Waals surface area contributed by atoms with E-state index in [0.717, 1.165) is 91.4 Å². The van der Waals surface area contributed by atoms with Crippen molar-refractivity contribution in [3.63, 3.8) is 0 Å². The Kier molecular flexibility index (Phi) is 9.77. The number of fused-ring (bicyclic) bond motifs is 4. The molecule has 2 heterocycles. The Morgan fingerprint density at radius 3 is 2.42 bits per heavy atom. The monoisotopic (exact) mass is 694 g/mol. The predicted molar refractivity (Wildman–Crippen MR) is 190 cm³/mol. The third-order valence-corrected chi connectivity index (χ3v) is 13.2. The molecule has 0 spiro atoms. The van der Waals surface area contributed by atoms with E-state index >= 15 is 0 Å². The van der Waals surface area contributed by atoms with E-state index in [1.54, 1.807) is 30.0 Å². The van der Waals surface area contributed by atoms with Crippen LogP contribution < -0.4 is 18.9 Å². The molecule has 5 atom stereocenters. The van der Waals surface area contributed by atoms with Crippen LogP contribution in [0.1, 0.15) is 98.5 Å². The molecule has 0 amide bonds. The minimum atomic E-state index is -1.02. The molecule has 0 radical (unpaired) electrons. The van der Waals surface area contributed by atoms with Gasteiger partial charge in [0.25, 0.3) is 0 Å². The molecule has 7 rings (SSSR count). The molecule has 0 saturated heterocycles. The van der Waals surface area contributed by atoms with Gasteiger partial charge in [0, 0.05) is 40.2 Å². The number of phenolic OH excluding ortho intramolecular Hbond substituents is 3. The molecule has 8 nitrogen and oxygen atoms in total. The predicted octanol–water partition coefficient (Wildman–Crippen LogP) is 8.62. The maximum Gasteiger partial charge on any atom is 0.207 e. The van der Waals surface area contributed by atoms with Gasteiger partial charge in [0.15, 0.2) is 17.6 Å². The van der Waals surface area contributed by atoms with Gasteiger partial charge in [-0.25, -0.2) is 0 Å². The van der Waals surface area contributed by atoms with Gasteiger partial charge in [-0.05, 0) is 91.7 Å². The first-order valence-corrected chi connectivity index (χ1v) is 19.7. The highest BCUT2D eigenvalue weighted by Crippen LogP contribution is 2.58. The summed E-state index contributed by atoms with van der Waals surface area (Å²) in [6.07, 6.45) is 6.95. The van der Waals surface area contributed by atoms with Crippen LogP contribution in [-0.4, -0.2) is 58.4 Å². The van der Waals surface area contributed by atoms with Crippen LogP contribution in [0.4, 0.5) is 0 Å². The largest absolute Gasteiger partial charge is 0.508 e. The highest BCUT2D eigenvalue weighted by Gasteiger charge is 2.44. The van der Waals surface area contributed by atoms with Crippen molar-refractivity contribution in [2.24, 2.45) is 5.92 Å². The summed E-state index contributed by atoms with van der Waals surface area (Å²) in [4.78, 5) is 0. The fourth-order valence-electron chi connectivity index (χ4n) is 8.18. The van der Waals surface area contributed by atoms with Crippen LogP contribution >= 0.6 is 21.6 Å². The average molecular weight is 695 g/mol. The highest BCUT2D eigenvalue weighted by atomic mass is 33.1. The Balaban J connectivity index is 1.37. The number of phenols is 3. The van der Waals surface area contributed by atoms with Gasteiger partial charge >= 0.3 is 0 Å². The molecule has 258 valence electrons. The smallest absolute Gasteiger partial charge is 0.207 e. The van der Waals surface area contributed by atoms with E-state index in [4.69, 9.17) is 18.9 Å². The quantitative estimate of drug-likeness (QED) is 0.193. The van der Waals surface area contributed by atoms with Gasteiger partial charge in [0.05, 0.1) is 20.3 Å². The van der Waals surface area contributed by atoms with Crippen molar-refractivity contribution in [2.75, 3.05) is 25.7 Å². The van der Waals surface area contributed by atoms with Gasteiger partial charge in [-0.15, -0.1) is 0 Å². The lowest BCUT2D eigenvalue weighted by Gasteiger charge is -2.41. The fraction of sp³-hybridized carbons (Fsp3) is 0.526. The number of aromatic hydroxyl groups is 3. The van der Waals surface area contributed by atoms with Crippen molar-refractivity contribution in [2.45, 2.75) is 94.9 Å². The maximum absolute atomic E-state index is 12.3. The zero-order valence-corrected chi connectivity index (χ0v) is 29.5. The van der Waals surface area contributed by atoms with Crippen LogP contribution in [0.2, 0.25) is 0 Å². The summed E-state index contributed by atoms with van der Waals surface area (Å²) in [5.41, 5.74) is 5.55. The molecule has 3 aromatic carbocycles. The second-order valence-electron chi connectivity index (χ2n) is 13.8. The molecule has 4 aliphatic rings. The summed E-state index contributed by atoms with van der Waals surface area (Å²) in [7, 11) is 6.65. The lowest BCUT2D eigenvalue weighted by atomic mass is 9.71. The molecule has 2 aliphatic heterocycles. The van der Waals surface area contributed by atoms with Crippen molar-refractivity contribution >= 4 is 21.6 Å². The van der Waals surface area contributed by atoms with Crippen molar-refractivity contribution in [3.05, 3.63) is 52.6 Å². The molecule has 2 aliphatic carbocycles. The van der Waals surface area contributed by atoms with Crippen LogP contribution in [-0.2, 0) is 6.42 Å². The number of methoxy groups -OCH3 is 2. The molecule has 1 fully saturated rings. The topological polar surface area (TPSA) is 118 Å². The Morgan fingerprint density at radius 2 is 1.65 bits per heavy atom. The van der Waals surface area contributed by atoms with E-state index in [2.05, 4.69) is 6.92 Å². The highest BCUT2D eigenvalue weighted by molar-refractivity contribution is 8.76. The summed E-state index contributed by atoms with van der Waals surface area (Å²) in [6, 6.07) is 9.15. The molecule has 4 N–H and O–H groups in total. The molecule has 2 bridgehead atoms. The molecule has 48 heavy (non-hydrogen) atoms. The van der Waals surface area contributed by atoms with Crippen molar-refractivity contribution in [3.8, 4) is 51.4 Å². The zero-order valence-electron chi connectivity index (χ0n) is 27.9. The minimum absolute atomic E-state index is 0.0512. The van der Waals surface area contributed by atoms with E-state index in [1.807, 2.05) is 29.0 Å². The Bertz CT molecular complexity index is 1650. The maximum atomic E-state index is 12.3. The third-order valence-electron chi connectivity index (χ3n) is 10.8. The van der Waals surface area contributed by atoms with Crippen molar-refractivity contribution < 1.29 is 39.4 Å². The summed E-state index contributed by atoms with van der Waals surface area (Å²) in [5, 5.41) is 45.4. The van der Waals surface area contributed by atoms with E-state index in [9.17, 15) is 20.4 Å². The molecule has 0 aromatic heterocycles. The number of ether oxygens (including phenoxy) is 4. The SMILES string of the molecule is COc1cc2c3c4c1-c1ccc(O)cc1C(CCC(C)CCSSCC3C(O)C(c1cc(OC3CCCCC3)c(O)c(OC)c1O)O2)C4. The second kappa shape index (κ2) is 14.0. The Morgan fingerprint density at radius 1 is 0.833 bits per heavy atom. The van der Waals surface area contributed by atoms with Crippen LogP contribution in [0.5, 0.6) is 40.2 Å². The van der Waals surface area contributed by atoms with Gasteiger partial charge in [0.1, 0.15) is 23.4 Å². The summed E-state index contributed by atoms with van der Waals surface area (Å²) < 4.78 is 24.6. The third kappa shape index (κ3) is 6.13. The first-order valence-electron chi connectivity index (χ1n) is 17.2. The van der Waals surface area contributed by atoms with Crippen LogP contribution in [0.25, 0.3) is 11.1 Å². The van der Waals surface area contributed by atoms with Crippen molar-refractivity contribution in [1.82, 2.24) is 0 Å². The summed E-state index contributed by atoms with van der Waals surface area (Å²) >= 11 is 0. The number of hydrogen-bond acceptors (Lipinski definition) is 10. The molecule has 10 heteroatoms. The van der Waals surface area contributed by atoms with Gasteiger partial charge in [-0.1, -0.05) is 47.4 Å². The molecular formula is C38H46O8S2. The zero-order chi connectivity index (χ0) is 33.5. The van der Waals surface area contributed by atoms with Crippen LogP contribution in [0.3, 0.4) is 0 Å². The van der Waals surface area contributed by atoms with Gasteiger partial charge < -0.3 is 39.4 Å². The first kappa shape index (κ1) is 33.4. The van der Waals surface area contributed by atoms with Gasteiger partial charge in [-0.3, -0.25) is 0 Å². The molecule has 3 aromatic rings. The van der Waals surface area contributed by atoms with E-state index in [-0.39, 0.29) is 46.7 Å². The van der Waals surface area contributed by atoms with E-state index in [1.165, 1.54) is 7.11 Å². The van der Waals surface area contributed by atoms with Crippen LogP contribution in [0.15, 0.2) is 30.3 Å². The standard InChI is InChI=1S/C38H46O8S2/c1-20-9-10-21-15-26-32(24-12-11-22(39)16-25(21)24)29(43-2)18-30-33(26)28(19-48-47-14-13-20)35(41)37(46-30)27-17-31(36(42)38(44-3)34(27)40)45-23-7-5-4-6-8-23/h11-12,16-18,20-21,23,28,35,37,39-42H,4-10,13-15,19H2,1-3H3. The van der Waals surface area contributed by atoms with Gasteiger partial charge in [-0.2, -0.15) is 0 Å². The lowest BCUT2D eigenvalue weighted by Crippen LogP contribution is -2.37. The van der Waals surface area contributed by atoms with Crippen molar-refractivity contribution in [1.29, 1.82) is 0 Å². The Labute approximate surface area is 290 Å². The lowest BCUT2D eigenvalue weighted by molar-refractivity contribution is 0.00287. The summed E-state index contributed by atoms with van der Waals surface area (Å²) in [5.74, 6) is 3.21. The molecule has 1 saturated carbocycles. The first-order chi connectivity index (χ1) is 23.3. The average Bonchev–Trinajstić information content (AvgIpc) is 3.10. The van der Waals surface area contributed by atoms with E-state index < -0.39 is 12.2 Å². The Hall–Kier alpha value is -3.08. The number of aliphatic hydroxyl groups excluding tert-OH is 1. The summed E-state index contributed by atoms with van der Waals surface area (Å²) in [6.45, 7) is 2.32. The van der Waals surface area contributed by atoms with Gasteiger partial charge in [0.2, 0.25) is 11.5 Å². The normalized spacial score (nSPS) is 25.8. The molecule has 5 unspecified atom stereocenters. The molecular weight excluding hydrogens is 649 g/mol. The minimum Gasteiger partial charge on any atom is -0.508 e. The fourth-order valence-corrected chi connectivity index (χ4v) is 10.8. The second-order valence-corrected chi connectivity index (χ2v) is 16.4. The number of aliphatic hydroxyl groups is 1. The van der Waals surface area contributed by atoms with E-state index in [0.29, 0.717) is 28.7 Å². The number of rotatable bonds is 5. The number of hydrogen-bond donors (Lipinski definition) is 4. The number of benzene rings is 3.